The van der Waals surface area contributed by atoms with E-state index in [9.17, 15) is 9.90 Å². The van der Waals surface area contributed by atoms with Crippen molar-refractivity contribution in [2.75, 3.05) is 12.4 Å². The molecule has 0 radical (unpaired) electrons. The van der Waals surface area contributed by atoms with Gasteiger partial charge in [0, 0.05) is 23.0 Å². The van der Waals surface area contributed by atoms with Crippen LogP contribution in [0.2, 0.25) is 5.15 Å². The normalized spacial score (nSPS) is 11.4. The monoisotopic (exact) mass is 419 g/mol. The first kappa shape index (κ1) is 20.1. The number of amides is 1. The summed E-state index contributed by atoms with van der Waals surface area (Å²) in [7, 11) is 1.52. The maximum atomic E-state index is 12.9. The topological polar surface area (TPSA) is 110 Å². The number of nitrogens with one attached hydrogen (secondary N) is 1. The first-order valence-electron chi connectivity index (χ1n) is 8.23. The fraction of sp³-hybridized carbons (Fsp3) is 0.278. The quantitative estimate of drug-likeness (QED) is 0.609. The molecule has 0 saturated carbocycles. The summed E-state index contributed by atoms with van der Waals surface area (Å²) in [5.74, 6) is 0.0558. The minimum absolute atomic E-state index is 0.272. The maximum Gasteiger partial charge on any atom is 0.259 e. The SMILES string of the molecule is COc1cnc(Cl)cc1-c1cc(C)ncc1C(=O)Nc1nnc(C(C)(C)O)s1. The number of ether oxygens (including phenoxy) is 1. The molecule has 1 amide bonds. The van der Waals surface area contributed by atoms with Gasteiger partial charge >= 0.3 is 0 Å². The molecule has 0 bridgehead atoms. The van der Waals surface area contributed by atoms with Gasteiger partial charge in [-0.1, -0.05) is 22.9 Å². The van der Waals surface area contributed by atoms with Crippen molar-refractivity contribution >= 4 is 34.0 Å². The van der Waals surface area contributed by atoms with Crippen LogP contribution in [0, 0.1) is 6.92 Å². The van der Waals surface area contributed by atoms with Crippen LogP contribution in [0.15, 0.2) is 24.5 Å². The molecule has 0 aromatic carbocycles. The van der Waals surface area contributed by atoms with Crippen molar-refractivity contribution in [2.45, 2.75) is 26.4 Å². The van der Waals surface area contributed by atoms with E-state index >= 15 is 0 Å². The Morgan fingerprint density at radius 2 is 1.96 bits per heavy atom. The van der Waals surface area contributed by atoms with Crippen molar-refractivity contribution in [1.82, 2.24) is 20.2 Å². The summed E-state index contributed by atoms with van der Waals surface area (Å²) in [4.78, 5) is 21.1. The summed E-state index contributed by atoms with van der Waals surface area (Å²) in [6.07, 6.45) is 2.97. The van der Waals surface area contributed by atoms with Gasteiger partial charge in [0.15, 0.2) is 0 Å². The molecule has 146 valence electrons. The largest absolute Gasteiger partial charge is 0.494 e. The third-order valence-electron chi connectivity index (χ3n) is 3.80. The zero-order valence-electron chi connectivity index (χ0n) is 15.6. The van der Waals surface area contributed by atoms with Crippen molar-refractivity contribution < 1.29 is 14.6 Å². The van der Waals surface area contributed by atoms with Crippen LogP contribution in [0.25, 0.3) is 11.1 Å². The van der Waals surface area contributed by atoms with Gasteiger partial charge in [-0.2, -0.15) is 0 Å². The van der Waals surface area contributed by atoms with Gasteiger partial charge < -0.3 is 9.84 Å². The lowest BCUT2D eigenvalue weighted by Crippen LogP contribution is -2.14. The third kappa shape index (κ3) is 4.27. The summed E-state index contributed by atoms with van der Waals surface area (Å²) in [6, 6.07) is 3.40. The van der Waals surface area contributed by atoms with E-state index < -0.39 is 11.5 Å². The zero-order chi connectivity index (χ0) is 20.5. The number of halogens is 1. The molecule has 0 saturated heterocycles. The molecular weight excluding hydrogens is 402 g/mol. The number of pyridine rings is 2. The summed E-state index contributed by atoms with van der Waals surface area (Å²) in [5.41, 5.74) is 1.11. The lowest BCUT2D eigenvalue weighted by Gasteiger charge is -2.13. The summed E-state index contributed by atoms with van der Waals surface area (Å²) < 4.78 is 5.37. The Hall–Kier alpha value is -2.62. The zero-order valence-corrected chi connectivity index (χ0v) is 17.2. The van der Waals surface area contributed by atoms with Crippen LogP contribution < -0.4 is 10.1 Å². The summed E-state index contributed by atoms with van der Waals surface area (Å²) >= 11 is 7.14. The molecule has 3 aromatic heterocycles. The molecule has 3 heterocycles. The third-order valence-corrected chi connectivity index (χ3v) is 5.16. The van der Waals surface area contributed by atoms with Gasteiger partial charge in [0.25, 0.3) is 5.91 Å². The highest BCUT2D eigenvalue weighted by Gasteiger charge is 2.23. The van der Waals surface area contributed by atoms with Crippen LogP contribution in [0.4, 0.5) is 5.13 Å². The van der Waals surface area contributed by atoms with Gasteiger partial charge in [-0.3, -0.25) is 15.1 Å². The lowest BCUT2D eigenvalue weighted by atomic mass is 10.0. The van der Waals surface area contributed by atoms with Crippen molar-refractivity contribution in [3.8, 4) is 16.9 Å². The number of hydrogen-bond acceptors (Lipinski definition) is 8. The van der Waals surface area contributed by atoms with Crippen LogP contribution in [0.5, 0.6) is 5.75 Å². The second-order valence-corrected chi connectivity index (χ2v) is 7.87. The second kappa shape index (κ2) is 7.78. The predicted octanol–water partition coefficient (Wildman–Crippen LogP) is 3.45. The van der Waals surface area contributed by atoms with Gasteiger partial charge in [0.2, 0.25) is 5.13 Å². The Balaban J connectivity index is 2.00. The maximum absolute atomic E-state index is 12.9. The van der Waals surface area contributed by atoms with Crippen LogP contribution >= 0.6 is 22.9 Å². The summed E-state index contributed by atoms with van der Waals surface area (Å²) in [6.45, 7) is 5.02. The molecule has 0 fully saturated rings. The second-order valence-electron chi connectivity index (χ2n) is 6.50. The van der Waals surface area contributed by atoms with Crippen molar-refractivity contribution in [3.63, 3.8) is 0 Å². The molecule has 2 N–H and O–H groups in total. The van der Waals surface area contributed by atoms with Crippen LogP contribution in [-0.4, -0.2) is 38.3 Å². The molecule has 3 aromatic rings. The first-order chi connectivity index (χ1) is 13.2. The number of anilines is 1. The Kier molecular flexibility index (Phi) is 5.59. The minimum atomic E-state index is -1.14. The number of carbonyl (C=O) groups is 1. The lowest BCUT2D eigenvalue weighted by molar-refractivity contribution is 0.0775. The van der Waals surface area contributed by atoms with Gasteiger partial charge in [-0.25, -0.2) is 4.98 Å². The van der Waals surface area contributed by atoms with E-state index in [-0.39, 0.29) is 10.3 Å². The van der Waals surface area contributed by atoms with E-state index in [0.717, 1.165) is 17.0 Å². The number of carbonyl (C=O) groups excluding carboxylic acids is 1. The van der Waals surface area contributed by atoms with E-state index in [0.29, 0.717) is 27.4 Å². The molecule has 0 spiro atoms. The Labute approximate surface area is 170 Å². The van der Waals surface area contributed by atoms with Gasteiger partial charge in [-0.05, 0) is 32.9 Å². The smallest absolute Gasteiger partial charge is 0.259 e. The van der Waals surface area contributed by atoms with E-state index in [2.05, 4.69) is 25.5 Å². The Bertz CT molecular complexity index is 1030. The molecule has 0 aliphatic rings. The Morgan fingerprint density at radius 3 is 2.61 bits per heavy atom. The number of aliphatic hydroxyl groups is 1. The predicted molar refractivity (Wildman–Crippen MR) is 107 cm³/mol. The number of aromatic nitrogens is 4. The van der Waals surface area contributed by atoms with E-state index in [1.807, 2.05) is 6.92 Å². The first-order valence-corrected chi connectivity index (χ1v) is 9.42. The molecule has 0 atom stereocenters. The van der Waals surface area contributed by atoms with Crippen molar-refractivity contribution in [1.29, 1.82) is 0 Å². The highest BCUT2D eigenvalue weighted by molar-refractivity contribution is 7.15. The molecule has 10 heteroatoms. The molecule has 0 aliphatic heterocycles. The molecular formula is C18H18ClN5O3S. The molecule has 3 rings (SSSR count). The number of aryl methyl sites for hydroxylation is 1. The average Bonchev–Trinajstić information content (AvgIpc) is 3.10. The van der Waals surface area contributed by atoms with Crippen LogP contribution in [0.1, 0.15) is 34.9 Å². The summed E-state index contributed by atoms with van der Waals surface area (Å²) in [5, 5.41) is 21.5. The molecule has 8 nitrogen and oxygen atoms in total. The van der Waals surface area contributed by atoms with Crippen molar-refractivity contribution in [2.24, 2.45) is 0 Å². The standard InChI is InChI=1S/C18H18ClN5O3S/c1-9-5-10(11-6-14(19)21-8-13(11)27-4)12(7-20-9)15(25)22-17-24-23-16(28-17)18(2,3)26/h5-8,26H,1-4H3,(H,22,24,25). The number of methoxy groups -OCH3 is 1. The molecule has 0 aliphatic carbocycles. The number of hydrogen-bond donors (Lipinski definition) is 2. The fourth-order valence-corrected chi connectivity index (χ4v) is 3.34. The number of nitrogens with zero attached hydrogens (tertiary/aromatic N) is 4. The van der Waals surface area contributed by atoms with Crippen LogP contribution in [0.3, 0.4) is 0 Å². The van der Waals surface area contributed by atoms with Gasteiger partial charge in [0.1, 0.15) is 21.5 Å². The number of rotatable bonds is 5. The van der Waals surface area contributed by atoms with E-state index in [4.69, 9.17) is 16.3 Å². The van der Waals surface area contributed by atoms with Crippen molar-refractivity contribution in [3.05, 3.63) is 45.9 Å². The van der Waals surface area contributed by atoms with Gasteiger partial charge in [-0.15, -0.1) is 10.2 Å². The highest BCUT2D eigenvalue weighted by atomic mass is 35.5. The Morgan fingerprint density at radius 1 is 1.21 bits per heavy atom. The van der Waals surface area contributed by atoms with Crippen LogP contribution in [-0.2, 0) is 5.60 Å². The average molecular weight is 420 g/mol. The van der Waals surface area contributed by atoms with Gasteiger partial charge in [0.05, 0.1) is 18.9 Å². The molecule has 0 unspecified atom stereocenters. The highest BCUT2D eigenvalue weighted by Crippen LogP contribution is 2.34. The van der Waals surface area contributed by atoms with E-state index in [1.54, 1.807) is 26.0 Å². The molecule has 28 heavy (non-hydrogen) atoms. The fourth-order valence-electron chi connectivity index (χ4n) is 2.44. The minimum Gasteiger partial charge on any atom is -0.494 e. The van der Waals surface area contributed by atoms with E-state index in [1.165, 1.54) is 19.5 Å².